The van der Waals surface area contributed by atoms with Gasteiger partial charge in [-0.3, -0.25) is 24.2 Å². The number of amides is 4. The predicted octanol–water partition coefficient (Wildman–Crippen LogP) is -2.57. The van der Waals surface area contributed by atoms with Crippen LogP contribution >= 0.6 is 0 Å². The Labute approximate surface area is 214 Å². The van der Waals surface area contributed by atoms with Crippen LogP contribution in [0.3, 0.4) is 0 Å². The highest BCUT2D eigenvalue weighted by molar-refractivity contribution is 5.94. The van der Waals surface area contributed by atoms with Gasteiger partial charge < -0.3 is 44.0 Å². The van der Waals surface area contributed by atoms with Crippen LogP contribution in [0.2, 0.25) is 0 Å². The Hall–Kier alpha value is -4.20. The van der Waals surface area contributed by atoms with E-state index in [9.17, 15) is 29.1 Å². The maximum absolute atomic E-state index is 12.9. The molecule has 37 heavy (non-hydrogen) atoms. The molecule has 0 aromatic heterocycles. The number of guanidine groups is 1. The second-order valence-corrected chi connectivity index (χ2v) is 8.44. The molecule has 0 aliphatic rings. The van der Waals surface area contributed by atoms with Crippen molar-refractivity contribution in [2.45, 2.75) is 63.2 Å². The highest BCUT2D eigenvalue weighted by atomic mass is 16.4. The number of primary amides is 1. The summed E-state index contributed by atoms with van der Waals surface area (Å²) in [5, 5.41) is 16.8. The summed E-state index contributed by atoms with van der Waals surface area (Å²) in [6.45, 7) is 1.72. The number of carboxylic acid groups (broad SMARTS) is 1. The molecular weight excluding hydrogens is 484 g/mol. The van der Waals surface area contributed by atoms with Crippen LogP contribution in [-0.4, -0.2) is 71.4 Å². The van der Waals surface area contributed by atoms with Gasteiger partial charge in [0.1, 0.15) is 18.1 Å². The Morgan fingerprint density at radius 1 is 0.892 bits per heavy atom. The lowest BCUT2D eigenvalue weighted by Gasteiger charge is -2.24. The molecule has 0 aliphatic heterocycles. The molecule has 1 aromatic rings. The van der Waals surface area contributed by atoms with Gasteiger partial charge in [-0.2, -0.15) is 0 Å². The summed E-state index contributed by atoms with van der Waals surface area (Å²) in [4.78, 5) is 64.5. The number of carboxylic acids is 1. The SMILES string of the molecule is CC(NC(=O)C(N)CCCN=C(N)N)C(=O)NC(Cc1ccccc1)C(=O)NC(CCC(N)=O)C(=O)O. The highest BCUT2D eigenvalue weighted by Crippen LogP contribution is 2.06. The summed E-state index contributed by atoms with van der Waals surface area (Å²) in [5.41, 5.74) is 22.1. The van der Waals surface area contributed by atoms with Gasteiger partial charge >= 0.3 is 5.97 Å². The van der Waals surface area contributed by atoms with E-state index >= 15 is 0 Å². The van der Waals surface area contributed by atoms with Crippen LogP contribution in [0.25, 0.3) is 0 Å². The first-order chi connectivity index (χ1) is 17.4. The van der Waals surface area contributed by atoms with E-state index in [1.807, 2.05) is 0 Å². The van der Waals surface area contributed by atoms with Crippen LogP contribution in [0.4, 0.5) is 0 Å². The first-order valence-corrected chi connectivity index (χ1v) is 11.7. The molecule has 1 aromatic carbocycles. The lowest BCUT2D eigenvalue weighted by Crippen LogP contribution is -2.57. The monoisotopic (exact) mass is 520 g/mol. The molecule has 0 saturated heterocycles. The molecule has 0 bridgehead atoms. The van der Waals surface area contributed by atoms with Crippen molar-refractivity contribution in [3.63, 3.8) is 0 Å². The smallest absolute Gasteiger partial charge is 0.326 e. The number of aliphatic carboxylic acids is 1. The molecule has 0 aliphatic carbocycles. The standard InChI is InChI=1S/C23H36N8O6/c1-13(29-20(34)15(24)8-5-11-28-23(26)27)19(33)31-17(12-14-6-3-2-4-7-14)21(35)30-16(22(36)37)9-10-18(25)32/h2-4,6-7,13,15-17H,5,8-12,24H2,1H3,(H2,25,32)(H,29,34)(H,30,35)(H,31,33)(H,36,37)(H4,26,27,28). The molecule has 4 unspecified atom stereocenters. The minimum absolute atomic E-state index is 0.0472. The molecule has 0 saturated carbocycles. The third-order valence-corrected chi connectivity index (χ3v) is 5.27. The zero-order valence-corrected chi connectivity index (χ0v) is 20.7. The fourth-order valence-corrected chi connectivity index (χ4v) is 3.21. The van der Waals surface area contributed by atoms with Crippen molar-refractivity contribution in [1.29, 1.82) is 0 Å². The number of hydrogen-bond donors (Lipinski definition) is 8. The molecule has 0 radical (unpaired) electrons. The van der Waals surface area contributed by atoms with Gasteiger partial charge in [0, 0.05) is 19.4 Å². The normalized spacial score (nSPS) is 13.8. The van der Waals surface area contributed by atoms with Crippen LogP contribution in [0, 0.1) is 0 Å². The molecule has 0 fully saturated rings. The summed E-state index contributed by atoms with van der Waals surface area (Å²) in [6, 6.07) is 4.23. The summed E-state index contributed by atoms with van der Waals surface area (Å²) in [5.74, 6) is -4.17. The number of aliphatic imine (C=N–C) groups is 1. The Balaban J connectivity index is 2.85. The van der Waals surface area contributed by atoms with Crippen molar-refractivity contribution in [3.8, 4) is 0 Å². The van der Waals surface area contributed by atoms with E-state index in [-0.39, 0.29) is 31.6 Å². The number of nitrogens with zero attached hydrogens (tertiary/aromatic N) is 1. The third-order valence-electron chi connectivity index (χ3n) is 5.27. The van der Waals surface area contributed by atoms with Gasteiger partial charge in [0.25, 0.3) is 0 Å². The van der Waals surface area contributed by atoms with Crippen LogP contribution in [0.15, 0.2) is 35.3 Å². The van der Waals surface area contributed by atoms with Crippen molar-refractivity contribution >= 4 is 35.6 Å². The van der Waals surface area contributed by atoms with E-state index < -0.39 is 53.8 Å². The Bertz CT molecular complexity index is 967. The van der Waals surface area contributed by atoms with Crippen LogP contribution in [-0.2, 0) is 30.4 Å². The van der Waals surface area contributed by atoms with Crippen molar-refractivity contribution < 1.29 is 29.1 Å². The number of carbonyl (C=O) groups excluding carboxylic acids is 4. The third kappa shape index (κ3) is 12.4. The molecule has 4 amide bonds. The predicted molar refractivity (Wildman–Crippen MR) is 136 cm³/mol. The summed E-state index contributed by atoms with van der Waals surface area (Å²) >= 11 is 0. The molecule has 204 valence electrons. The number of nitrogens with two attached hydrogens (primary N) is 4. The first kappa shape index (κ1) is 30.8. The van der Waals surface area contributed by atoms with Crippen LogP contribution in [0.5, 0.6) is 0 Å². The minimum atomic E-state index is -1.38. The van der Waals surface area contributed by atoms with Crippen LogP contribution in [0.1, 0.15) is 38.2 Å². The zero-order chi connectivity index (χ0) is 28.0. The minimum Gasteiger partial charge on any atom is -0.480 e. The highest BCUT2D eigenvalue weighted by Gasteiger charge is 2.29. The average Bonchev–Trinajstić information content (AvgIpc) is 2.83. The molecule has 1 rings (SSSR count). The lowest BCUT2D eigenvalue weighted by molar-refractivity contribution is -0.142. The van der Waals surface area contributed by atoms with Gasteiger partial charge in [-0.05, 0) is 31.7 Å². The summed E-state index contributed by atoms with van der Waals surface area (Å²) in [7, 11) is 0. The van der Waals surface area contributed by atoms with E-state index in [0.29, 0.717) is 18.5 Å². The largest absolute Gasteiger partial charge is 0.480 e. The van der Waals surface area contributed by atoms with Gasteiger partial charge in [0.2, 0.25) is 23.6 Å². The summed E-state index contributed by atoms with van der Waals surface area (Å²) < 4.78 is 0. The van der Waals surface area contributed by atoms with Crippen molar-refractivity contribution in [3.05, 3.63) is 35.9 Å². The van der Waals surface area contributed by atoms with Gasteiger partial charge in [-0.25, -0.2) is 4.79 Å². The van der Waals surface area contributed by atoms with E-state index in [2.05, 4.69) is 20.9 Å². The molecule has 14 nitrogen and oxygen atoms in total. The van der Waals surface area contributed by atoms with E-state index in [1.54, 1.807) is 30.3 Å². The van der Waals surface area contributed by atoms with Crippen molar-refractivity contribution in [2.75, 3.05) is 6.54 Å². The van der Waals surface area contributed by atoms with Gasteiger partial charge in [-0.1, -0.05) is 30.3 Å². The number of rotatable bonds is 16. The Morgan fingerprint density at radius 2 is 1.51 bits per heavy atom. The summed E-state index contributed by atoms with van der Waals surface area (Å²) in [6.07, 6.45) is 0.314. The van der Waals surface area contributed by atoms with Crippen molar-refractivity contribution in [1.82, 2.24) is 16.0 Å². The first-order valence-electron chi connectivity index (χ1n) is 11.7. The maximum atomic E-state index is 12.9. The Morgan fingerprint density at radius 3 is 2.08 bits per heavy atom. The number of hydrogen-bond acceptors (Lipinski definition) is 7. The van der Waals surface area contributed by atoms with E-state index in [1.165, 1.54) is 6.92 Å². The van der Waals surface area contributed by atoms with Gasteiger partial charge in [0.15, 0.2) is 5.96 Å². The second kappa shape index (κ2) is 15.7. The lowest BCUT2D eigenvalue weighted by atomic mass is 10.0. The second-order valence-electron chi connectivity index (χ2n) is 8.44. The van der Waals surface area contributed by atoms with Crippen molar-refractivity contribution in [2.24, 2.45) is 27.9 Å². The fourth-order valence-electron chi connectivity index (χ4n) is 3.21. The van der Waals surface area contributed by atoms with E-state index in [4.69, 9.17) is 22.9 Å². The maximum Gasteiger partial charge on any atom is 0.326 e. The molecule has 4 atom stereocenters. The quantitative estimate of drug-likeness (QED) is 0.0646. The van der Waals surface area contributed by atoms with Gasteiger partial charge in [0.05, 0.1) is 6.04 Å². The molecule has 0 spiro atoms. The number of nitrogens with one attached hydrogen (secondary N) is 3. The fraction of sp³-hybridized carbons (Fsp3) is 0.478. The zero-order valence-electron chi connectivity index (χ0n) is 20.7. The van der Waals surface area contributed by atoms with Gasteiger partial charge in [-0.15, -0.1) is 0 Å². The molecular formula is C23H36N8O6. The average molecular weight is 521 g/mol. The molecule has 12 N–H and O–H groups in total. The number of carbonyl (C=O) groups is 5. The van der Waals surface area contributed by atoms with E-state index in [0.717, 1.165) is 0 Å². The Kier molecular flexibility index (Phi) is 13.1. The molecule has 0 heterocycles. The topological polar surface area (TPSA) is 258 Å². The number of benzene rings is 1. The van der Waals surface area contributed by atoms with Crippen LogP contribution < -0.4 is 38.9 Å². The molecule has 14 heteroatoms.